The number of benzene rings is 1. The highest BCUT2D eigenvalue weighted by atomic mass is 79.9. The Labute approximate surface area is 315 Å². The summed E-state index contributed by atoms with van der Waals surface area (Å²) >= 11 is 3.41. The van der Waals surface area contributed by atoms with Crippen molar-refractivity contribution in [2.45, 2.75) is 97.3 Å². The van der Waals surface area contributed by atoms with Crippen LogP contribution >= 0.6 is 15.9 Å². The number of nitrogens with one attached hydrogen (secondary N) is 1. The van der Waals surface area contributed by atoms with E-state index in [2.05, 4.69) is 58.7 Å². The lowest BCUT2D eigenvalue weighted by molar-refractivity contribution is -0.138. The van der Waals surface area contributed by atoms with Crippen molar-refractivity contribution in [1.29, 1.82) is 0 Å². The number of hydrogen-bond acceptors (Lipinski definition) is 9. The highest BCUT2D eigenvalue weighted by Gasteiger charge is 2.67. The number of Topliss-reactive ketones (excluding diaryl/α,β-unsaturated/α-hetero) is 1. The van der Waals surface area contributed by atoms with Crippen LogP contribution in [0, 0.1) is 19.3 Å². The van der Waals surface area contributed by atoms with Crippen molar-refractivity contribution in [3.8, 4) is 11.1 Å². The van der Waals surface area contributed by atoms with E-state index in [1.165, 1.54) is 6.92 Å². The zero-order valence-electron chi connectivity index (χ0n) is 30.0. The number of pyridine rings is 1. The summed E-state index contributed by atoms with van der Waals surface area (Å²) in [6.07, 6.45) is 16.7. The van der Waals surface area contributed by atoms with Gasteiger partial charge in [-0.2, -0.15) is 5.10 Å². The van der Waals surface area contributed by atoms with Gasteiger partial charge < -0.3 is 10.2 Å². The number of piperidine rings is 1. The molecule has 1 aliphatic carbocycles. The normalized spacial score (nSPS) is 22.3. The molecule has 8 rings (SSSR count). The fourth-order valence-electron chi connectivity index (χ4n) is 8.08. The quantitative estimate of drug-likeness (QED) is 0.164. The summed E-state index contributed by atoms with van der Waals surface area (Å²) in [6.45, 7) is 5.65. The minimum Gasteiger partial charge on any atom is -0.325 e. The minimum atomic E-state index is -0.736. The molecule has 1 aromatic carbocycles. The Morgan fingerprint density at radius 3 is 2.64 bits per heavy atom. The number of allylic oxidation sites excluding steroid dienone is 1. The average molecular weight is 778 g/mol. The van der Waals surface area contributed by atoms with E-state index in [1.807, 2.05) is 49.0 Å². The van der Waals surface area contributed by atoms with E-state index < -0.39 is 6.04 Å². The minimum absolute atomic E-state index is 0.118. The van der Waals surface area contributed by atoms with Crippen LogP contribution in [0.5, 0.6) is 0 Å². The first-order chi connectivity index (χ1) is 25.6. The van der Waals surface area contributed by atoms with Gasteiger partial charge in [0.1, 0.15) is 40.2 Å². The van der Waals surface area contributed by atoms with Gasteiger partial charge in [0.05, 0.1) is 18.3 Å². The van der Waals surface area contributed by atoms with Crippen molar-refractivity contribution in [2.24, 2.45) is 5.41 Å². The molecular formula is C39H41BrN10O3. The van der Waals surface area contributed by atoms with Crippen LogP contribution in [0.4, 0.5) is 5.82 Å². The number of aryl methyl sites for hydroxylation is 3. The van der Waals surface area contributed by atoms with E-state index in [-0.39, 0.29) is 35.6 Å². The van der Waals surface area contributed by atoms with Crippen LogP contribution < -0.4 is 5.32 Å². The average Bonchev–Trinajstić information content (AvgIpc) is 3.39. The molecule has 3 aliphatic rings. The van der Waals surface area contributed by atoms with Crippen molar-refractivity contribution in [1.82, 2.24) is 44.6 Å². The number of ketones is 1. The number of nitrogens with zero attached hydrogens (tertiary/aromatic N) is 9. The summed E-state index contributed by atoms with van der Waals surface area (Å²) in [4.78, 5) is 57.0. The molecule has 2 fully saturated rings. The Kier molecular flexibility index (Phi) is 9.25. The monoisotopic (exact) mass is 776 g/mol. The maximum absolute atomic E-state index is 14.7. The first kappa shape index (κ1) is 34.9. The number of hydrogen-bond donors (Lipinski definition) is 1. The number of anilines is 1. The van der Waals surface area contributed by atoms with Crippen LogP contribution in [0.15, 0.2) is 53.5 Å². The lowest BCUT2D eigenvalue weighted by Crippen LogP contribution is -2.47. The molecule has 5 aromatic rings. The third-order valence-electron chi connectivity index (χ3n) is 10.9. The molecule has 3 atom stereocenters. The summed E-state index contributed by atoms with van der Waals surface area (Å²) in [6, 6.07) is 6.87. The Balaban J connectivity index is 1.20. The highest BCUT2D eigenvalue weighted by molar-refractivity contribution is 9.10. The molecule has 2 amide bonds. The molecule has 1 N–H and O–H groups in total. The van der Waals surface area contributed by atoms with Gasteiger partial charge in [0, 0.05) is 41.7 Å². The zero-order chi connectivity index (χ0) is 36.9. The lowest BCUT2D eigenvalue weighted by Gasteiger charge is -2.27. The smallest absolute Gasteiger partial charge is 0.248 e. The molecule has 6 heterocycles. The van der Waals surface area contributed by atoms with Crippen molar-refractivity contribution >= 4 is 56.3 Å². The maximum Gasteiger partial charge on any atom is 0.248 e. The second-order valence-electron chi connectivity index (χ2n) is 14.7. The van der Waals surface area contributed by atoms with Crippen LogP contribution in [-0.4, -0.2) is 74.3 Å². The Bertz CT molecular complexity index is 2280. The van der Waals surface area contributed by atoms with Crippen LogP contribution in [0.25, 0.3) is 28.1 Å². The molecular weight excluding hydrogens is 736 g/mol. The predicted octanol–water partition coefficient (Wildman–Crippen LogP) is 6.28. The van der Waals surface area contributed by atoms with Gasteiger partial charge in [-0.3, -0.25) is 23.7 Å². The largest absolute Gasteiger partial charge is 0.325 e. The first-order valence-electron chi connectivity index (χ1n) is 18.2. The topological polar surface area (TPSA) is 154 Å². The van der Waals surface area contributed by atoms with Crippen molar-refractivity contribution in [3.05, 3.63) is 81.9 Å². The molecule has 1 saturated carbocycles. The molecule has 1 saturated heterocycles. The number of carbonyl (C=O) groups is 3. The molecule has 272 valence electrons. The van der Waals surface area contributed by atoms with Crippen LogP contribution in [0.2, 0.25) is 0 Å². The molecule has 4 bridgehead atoms. The van der Waals surface area contributed by atoms with E-state index in [4.69, 9.17) is 5.10 Å². The summed E-state index contributed by atoms with van der Waals surface area (Å²) in [7, 11) is 0. The molecule has 14 heteroatoms. The van der Waals surface area contributed by atoms with E-state index in [1.54, 1.807) is 22.0 Å². The van der Waals surface area contributed by atoms with E-state index in [0.717, 1.165) is 78.4 Å². The van der Waals surface area contributed by atoms with Gasteiger partial charge >= 0.3 is 0 Å². The summed E-state index contributed by atoms with van der Waals surface area (Å²) in [5.74, 6) is 0.409. The maximum atomic E-state index is 14.7. The van der Waals surface area contributed by atoms with Gasteiger partial charge in [-0.15, -0.1) is 5.10 Å². The fraction of sp³-hybridized carbons (Fsp3) is 0.410. The van der Waals surface area contributed by atoms with Crippen molar-refractivity contribution in [3.63, 3.8) is 0 Å². The highest BCUT2D eigenvalue weighted by Crippen LogP contribution is 2.60. The first-order valence-corrected chi connectivity index (χ1v) is 19.0. The third kappa shape index (κ3) is 6.92. The zero-order valence-corrected chi connectivity index (χ0v) is 31.6. The number of aromatic nitrogens is 8. The van der Waals surface area contributed by atoms with Crippen molar-refractivity contribution in [2.75, 3.05) is 5.32 Å². The molecule has 0 radical (unpaired) electrons. The van der Waals surface area contributed by atoms with Crippen LogP contribution in [0.1, 0.15) is 85.0 Å². The number of fused-ring (bicyclic) bond motifs is 2. The number of carbonyl (C=O) groups excluding carboxylic acids is 3. The standard InChI is InChI=1S/C39H41BrN10O3/c1-23-12-13-33(40)43-37(23)44-38(53)31-16-39-17-32(39)50(31)34(52)21-49-36-26(10-8-6-4-5-7-9-11-29-20-48(22-39)47-45-29)14-27(28-18-41-25(3)42-19-28)15-30(36)35(46-49)24(2)51/h9,11-15,18-20,31-32H,4-8,10,16-17,21-22H2,1-3H3,(H,43,44,53)/b11-9-/t31-,32+,39-/m0/s1. The third-order valence-corrected chi connectivity index (χ3v) is 11.3. The predicted molar refractivity (Wildman–Crippen MR) is 203 cm³/mol. The molecule has 53 heavy (non-hydrogen) atoms. The number of amides is 2. The molecule has 2 aliphatic heterocycles. The molecule has 13 nitrogen and oxygen atoms in total. The van der Waals surface area contributed by atoms with Crippen molar-refractivity contribution < 1.29 is 14.4 Å². The second-order valence-corrected chi connectivity index (χ2v) is 15.5. The Morgan fingerprint density at radius 1 is 1.02 bits per heavy atom. The summed E-state index contributed by atoms with van der Waals surface area (Å²) in [5.41, 5.74) is 5.09. The molecule has 4 aromatic heterocycles. The number of rotatable bonds is 4. The Morgan fingerprint density at radius 2 is 1.83 bits per heavy atom. The summed E-state index contributed by atoms with van der Waals surface area (Å²) < 4.78 is 4.12. The second kappa shape index (κ2) is 14.0. The molecule has 0 unspecified atom stereocenters. The van der Waals surface area contributed by atoms with Crippen LogP contribution in [0.3, 0.4) is 0 Å². The van der Waals surface area contributed by atoms with Gasteiger partial charge in [0.25, 0.3) is 0 Å². The van der Waals surface area contributed by atoms with Gasteiger partial charge in [0.2, 0.25) is 11.8 Å². The van der Waals surface area contributed by atoms with Crippen LogP contribution in [-0.2, 0) is 29.1 Å². The van der Waals surface area contributed by atoms with E-state index >= 15 is 0 Å². The van der Waals surface area contributed by atoms with Gasteiger partial charge in [-0.05, 0) is 109 Å². The summed E-state index contributed by atoms with van der Waals surface area (Å²) in [5, 5.41) is 17.3. The number of halogens is 1. The molecule has 0 spiro atoms. The lowest BCUT2D eigenvalue weighted by atomic mass is 9.96. The van der Waals surface area contributed by atoms with E-state index in [0.29, 0.717) is 40.3 Å². The van der Waals surface area contributed by atoms with Gasteiger partial charge in [0.15, 0.2) is 5.78 Å². The Hall–Kier alpha value is -5.11. The SMILES string of the molecule is CC(=O)c1nn2c3c(cc(-c4cnc(C)nc4)cc13)CCCCCC/C=C\c1cn(nn1)C[C@@]13C[C@@H](C(=O)Nc4nc(Br)ccc4C)N(C(=O)C2)[C@@H]1C3. The fourth-order valence-corrected chi connectivity index (χ4v) is 8.39. The van der Waals surface area contributed by atoms with E-state index in [9.17, 15) is 14.4 Å². The van der Waals surface area contributed by atoms with Gasteiger partial charge in [-0.1, -0.05) is 30.2 Å². The van der Waals surface area contributed by atoms with Gasteiger partial charge in [-0.25, -0.2) is 15.0 Å².